The highest BCUT2D eigenvalue weighted by Crippen LogP contribution is 2.34. The molecule has 1 heterocycles. The quantitative estimate of drug-likeness (QED) is 0.884. The highest BCUT2D eigenvalue weighted by atomic mass is 16.5. The van der Waals surface area contributed by atoms with E-state index in [2.05, 4.69) is 29.2 Å². The van der Waals surface area contributed by atoms with E-state index < -0.39 is 0 Å². The summed E-state index contributed by atoms with van der Waals surface area (Å²) in [5.41, 5.74) is 7.22. The van der Waals surface area contributed by atoms with E-state index in [0.717, 1.165) is 44.2 Å². The van der Waals surface area contributed by atoms with Gasteiger partial charge in [0.05, 0.1) is 12.3 Å². The number of nitrogens with two attached hydrogens (primary N) is 1. The van der Waals surface area contributed by atoms with E-state index in [1.165, 1.54) is 24.9 Å². The molecular formula is C16H24N2O. The van der Waals surface area contributed by atoms with Crippen LogP contribution < -0.4 is 15.4 Å². The fourth-order valence-electron chi connectivity index (χ4n) is 2.72. The molecule has 1 saturated heterocycles. The molecule has 0 bridgehead atoms. The summed E-state index contributed by atoms with van der Waals surface area (Å²) in [6.07, 6.45) is 6.16. The first-order valence-corrected chi connectivity index (χ1v) is 7.55. The zero-order chi connectivity index (χ0) is 13.1. The first-order chi connectivity index (χ1) is 9.33. The number of benzene rings is 1. The Balaban J connectivity index is 1.62. The molecule has 0 spiro atoms. The number of para-hydroxylation sites is 2. The number of hydrogen-bond donors (Lipinski definition) is 1. The van der Waals surface area contributed by atoms with Crippen molar-refractivity contribution in [2.45, 2.75) is 38.1 Å². The molecular weight excluding hydrogens is 236 g/mol. The highest BCUT2D eigenvalue weighted by molar-refractivity contribution is 5.58. The van der Waals surface area contributed by atoms with E-state index in [1.807, 2.05) is 0 Å². The molecule has 0 radical (unpaired) electrons. The largest absolute Gasteiger partial charge is 0.491 e. The number of anilines is 1. The van der Waals surface area contributed by atoms with Crippen molar-refractivity contribution in [1.29, 1.82) is 0 Å². The lowest BCUT2D eigenvalue weighted by Gasteiger charge is -2.33. The van der Waals surface area contributed by atoms with Gasteiger partial charge in [-0.2, -0.15) is 0 Å². The zero-order valence-corrected chi connectivity index (χ0v) is 11.6. The molecule has 1 aromatic carbocycles. The molecule has 2 N–H and O–H groups in total. The van der Waals surface area contributed by atoms with Crippen LogP contribution in [0.25, 0.3) is 0 Å². The maximum Gasteiger partial charge on any atom is 0.142 e. The number of hydrogen-bond acceptors (Lipinski definition) is 3. The van der Waals surface area contributed by atoms with Gasteiger partial charge in [-0.25, -0.2) is 0 Å². The average Bonchev–Trinajstić information content (AvgIpc) is 3.25. The lowest BCUT2D eigenvalue weighted by atomic mass is 10.1. The molecule has 0 aromatic heterocycles. The van der Waals surface area contributed by atoms with Crippen molar-refractivity contribution in [3.63, 3.8) is 0 Å². The maximum atomic E-state index is 6.00. The van der Waals surface area contributed by atoms with Crippen molar-refractivity contribution in [2.24, 2.45) is 11.7 Å². The van der Waals surface area contributed by atoms with Gasteiger partial charge in [0.2, 0.25) is 0 Å². The van der Waals surface area contributed by atoms with Crippen LogP contribution in [0.3, 0.4) is 0 Å². The van der Waals surface area contributed by atoms with Crippen LogP contribution in [-0.2, 0) is 0 Å². The Morgan fingerprint density at radius 1 is 1.11 bits per heavy atom. The minimum absolute atomic E-state index is 0.374. The minimum Gasteiger partial charge on any atom is -0.491 e. The van der Waals surface area contributed by atoms with Gasteiger partial charge in [-0.15, -0.1) is 0 Å². The highest BCUT2D eigenvalue weighted by Gasteiger charge is 2.22. The van der Waals surface area contributed by atoms with Crippen molar-refractivity contribution in [3.05, 3.63) is 24.3 Å². The molecule has 19 heavy (non-hydrogen) atoms. The van der Waals surface area contributed by atoms with E-state index in [4.69, 9.17) is 10.5 Å². The van der Waals surface area contributed by atoms with E-state index in [1.54, 1.807) is 0 Å². The third kappa shape index (κ3) is 3.41. The Morgan fingerprint density at radius 2 is 1.84 bits per heavy atom. The van der Waals surface area contributed by atoms with Gasteiger partial charge in [0, 0.05) is 19.1 Å². The van der Waals surface area contributed by atoms with Gasteiger partial charge < -0.3 is 15.4 Å². The maximum absolute atomic E-state index is 6.00. The number of piperidine rings is 1. The molecule has 104 valence electrons. The van der Waals surface area contributed by atoms with Gasteiger partial charge in [-0.05, 0) is 37.3 Å². The number of nitrogens with zero attached hydrogens (tertiary/aromatic N) is 1. The van der Waals surface area contributed by atoms with Crippen LogP contribution in [0.2, 0.25) is 0 Å². The van der Waals surface area contributed by atoms with Crippen molar-refractivity contribution in [2.75, 3.05) is 24.6 Å². The molecule has 3 rings (SSSR count). The molecule has 3 heteroatoms. The summed E-state index contributed by atoms with van der Waals surface area (Å²) >= 11 is 0. The second-order valence-corrected chi connectivity index (χ2v) is 5.87. The number of rotatable bonds is 5. The van der Waals surface area contributed by atoms with E-state index in [9.17, 15) is 0 Å². The zero-order valence-electron chi connectivity index (χ0n) is 11.6. The molecule has 2 fully saturated rings. The van der Waals surface area contributed by atoms with Crippen molar-refractivity contribution in [1.82, 2.24) is 0 Å². The first-order valence-electron chi connectivity index (χ1n) is 7.55. The Kier molecular flexibility index (Phi) is 3.92. The molecule has 1 aliphatic carbocycles. The SMILES string of the molecule is NC1CCN(c2ccccc2OCCC2CC2)CC1. The predicted molar refractivity (Wildman–Crippen MR) is 78.7 cm³/mol. The summed E-state index contributed by atoms with van der Waals surface area (Å²) in [6.45, 7) is 2.95. The van der Waals surface area contributed by atoms with Crippen LogP contribution in [-0.4, -0.2) is 25.7 Å². The van der Waals surface area contributed by atoms with E-state index >= 15 is 0 Å². The average molecular weight is 260 g/mol. The Hall–Kier alpha value is -1.22. The van der Waals surface area contributed by atoms with Crippen LogP contribution in [0.4, 0.5) is 5.69 Å². The van der Waals surface area contributed by atoms with E-state index in [0.29, 0.717) is 6.04 Å². The van der Waals surface area contributed by atoms with Crippen LogP contribution in [0.15, 0.2) is 24.3 Å². The molecule has 1 aliphatic heterocycles. The Morgan fingerprint density at radius 3 is 2.58 bits per heavy atom. The van der Waals surface area contributed by atoms with Crippen molar-refractivity contribution >= 4 is 5.69 Å². The lowest BCUT2D eigenvalue weighted by Crippen LogP contribution is -2.39. The normalized spacial score (nSPS) is 20.6. The molecule has 0 atom stereocenters. The summed E-state index contributed by atoms with van der Waals surface area (Å²) in [5, 5.41) is 0. The fourth-order valence-corrected chi connectivity index (χ4v) is 2.72. The first kappa shape index (κ1) is 12.8. The Bertz CT molecular complexity index is 409. The third-order valence-electron chi connectivity index (χ3n) is 4.23. The second-order valence-electron chi connectivity index (χ2n) is 5.87. The Labute approximate surface area is 115 Å². The van der Waals surface area contributed by atoms with Crippen molar-refractivity contribution in [3.8, 4) is 5.75 Å². The topological polar surface area (TPSA) is 38.5 Å². The summed E-state index contributed by atoms with van der Waals surface area (Å²) in [6, 6.07) is 8.79. The summed E-state index contributed by atoms with van der Waals surface area (Å²) in [5.74, 6) is 1.97. The van der Waals surface area contributed by atoms with Gasteiger partial charge in [-0.1, -0.05) is 25.0 Å². The molecule has 1 saturated carbocycles. The minimum atomic E-state index is 0.374. The monoisotopic (exact) mass is 260 g/mol. The van der Waals surface area contributed by atoms with Gasteiger partial charge >= 0.3 is 0 Å². The molecule has 2 aliphatic rings. The molecule has 3 nitrogen and oxygen atoms in total. The molecule has 1 aromatic rings. The lowest BCUT2D eigenvalue weighted by molar-refractivity contribution is 0.302. The van der Waals surface area contributed by atoms with Crippen LogP contribution in [0.5, 0.6) is 5.75 Å². The van der Waals surface area contributed by atoms with Gasteiger partial charge in [-0.3, -0.25) is 0 Å². The van der Waals surface area contributed by atoms with Gasteiger partial charge in [0.1, 0.15) is 5.75 Å². The molecule has 0 unspecified atom stereocenters. The van der Waals surface area contributed by atoms with Crippen molar-refractivity contribution < 1.29 is 4.74 Å². The van der Waals surface area contributed by atoms with Gasteiger partial charge in [0.15, 0.2) is 0 Å². The van der Waals surface area contributed by atoms with Crippen LogP contribution >= 0.6 is 0 Å². The second kappa shape index (κ2) is 5.83. The number of ether oxygens (including phenoxy) is 1. The van der Waals surface area contributed by atoms with Gasteiger partial charge in [0.25, 0.3) is 0 Å². The smallest absolute Gasteiger partial charge is 0.142 e. The fraction of sp³-hybridized carbons (Fsp3) is 0.625. The third-order valence-corrected chi connectivity index (χ3v) is 4.23. The standard InChI is InChI=1S/C16H24N2O/c17-14-7-10-18(11-8-14)15-3-1-2-4-16(15)19-12-9-13-5-6-13/h1-4,13-14H,5-12,17H2. The van der Waals surface area contributed by atoms with Crippen LogP contribution in [0, 0.1) is 5.92 Å². The summed E-state index contributed by atoms with van der Waals surface area (Å²) in [4.78, 5) is 2.41. The predicted octanol–water partition coefficient (Wildman–Crippen LogP) is 2.79. The summed E-state index contributed by atoms with van der Waals surface area (Å²) in [7, 11) is 0. The van der Waals surface area contributed by atoms with E-state index in [-0.39, 0.29) is 0 Å². The summed E-state index contributed by atoms with van der Waals surface area (Å²) < 4.78 is 6.00. The molecule has 0 amide bonds. The van der Waals surface area contributed by atoms with Crippen LogP contribution in [0.1, 0.15) is 32.1 Å².